The predicted molar refractivity (Wildman–Crippen MR) is 133 cm³/mol. The number of benzene rings is 2. The molecular weight excluding hydrogens is 525 g/mol. The Morgan fingerprint density at radius 2 is 1.78 bits per heavy atom. The van der Waals surface area contributed by atoms with Crippen LogP contribution >= 0.6 is 23.2 Å². The van der Waals surface area contributed by atoms with E-state index in [0.29, 0.717) is 10.6 Å². The lowest BCUT2D eigenvalue weighted by atomic mass is 9.55. The van der Waals surface area contributed by atoms with Gasteiger partial charge in [-0.05, 0) is 41.3 Å². The summed E-state index contributed by atoms with van der Waals surface area (Å²) < 4.78 is 0. The molecular formula is C26H21Cl2NO8. The molecule has 11 heteroatoms. The first-order valence-corrected chi connectivity index (χ1v) is 12.0. The molecule has 0 bridgehead atoms. The van der Waals surface area contributed by atoms with E-state index in [1.807, 2.05) is 0 Å². The van der Waals surface area contributed by atoms with Crippen molar-refractivity contribution in [3.8, 4) is 5.75 Å². The van der Waals surface area contributed by atoms with E-state index in [2.05, 4.69) is 0 Å². The van der Waals surface area contributed by atoms with E-state index >= 15 is 0 Å². The van der Waals surface area contributed by atoms with Gasteiger partial charge in [0.2, 0.25) is 5.91 Å². The van der Waals surface area contributed by atoms with E-state index in [1.54, 1.807) is 18.2 Å². The monoisotopic (exact) mass is 545 g/mol. The Labute approximate surface area is 220 Å². The van der Waals surface area contributed by atoms with Gasteiger partial charge in [0.05, 0.1) is 33.4 Å². The molecule has 0 radical (unpaired) electrons. The Balaban J connectivity index is 1.81. The smallest absolute Gasteiger partial charge is 0.230 e. The fourth-order valence-corrected chi connectivity index (χ4v) is 6.08. The van der Waals surface area contributed by atoms with Crippen molar-refractivity contribution < 1.29 is 39.9 Å². The van der Waals surface area contributed by atoms with Crippen LogP contribution < -0.4 is 5.73 Å². The fraction of sp³-hybridized carbons (Fsp3) is 0.269. The van der Waals surface area contributed by atoms with Crippen molar-refractivity contribution >= 4 is 52.3 Å². The van der Waals surface area contributed by atoms with Crippen molar-refractivity contribution in [2.45, 2.75) is 24.2 Å². The van der Waals surface area contributed by atoms with Crippen molar-refractivity contribution in [3.63, 3.8) is 0 Å². The molecule has 1 fully saturated rings. The van der Waals surface area contributed by atoms with E-state index < -0.39 is 76.5 Å². The molecule has 0 heterocycles. The number of hydrogen-bond donors (Lipinski definition) is 6. The van der Waals surface area contributed by atoms with Crippen molar-refractivity contribution in [3.05, 3.63) is 74.5 Å². The zero-order valence-electron chi connectivity index (χ0n) is 18.9. The van der Waals surface area contributed by atoms with Crippen LogP contribution in [0.15, 0.2) is 47.7 Å². The van der Waals surface area contributed by atoms with Crippen LogP contribution in [0.2, 0.25) is 10.0 Å². The number of Topliss-reactive ketones (excluding diaryl/α,β-unsaturated/α-hetero) is 2. The van der Waals surface area contributed by atoms with E-state index in [-0.39, 0.29) is 21.7 Å². The number of amides is 1. The van der Waals surface area contributed by atoms with Gasteiger partial charge in [-0.25, -0.2) is 0 Å². The second-order valence-corrected chi connectivity index (χ2v) is 10.3. The number of rotatable bonds is 2. The van der Waals surface area contributed by atoms with Gasteiger partial charge in [-0.3, -0.25) is 14.4 Å². The maximum absolute atomic E-state index is 13.6. The van der Waals surface area contributed by atoms with Crippen molar-refractivity contribution in [2.24, 2.45) is 23.5 Å². The summed E-state index contributed by atoms with van der Waals surface area (Å²) in [4.78, 5) is 38.7. The number of carbonyl (C=O) groups excluding carboxylic acids is 3. The van der Waals surface area contributed by atoms with Gasteiger partial charge >= 0.3 is 0 Å². The first-order chi connectivity index (χ1) is 17.4. The molecule has 9 nitrogen and oxygen atoms in total. The fourth-order valence-electron chi connectivity index (χ4n) is 5.77. The second-order valence-electron chi connectivity index (χ2n) is 9.45. The topological polar surface area (TPSA) is 178 Å². The second kappa shape index (κ2) is 8.68. The molecule has 2 aromatic carbocycles. The third-order valence-corrected chi connectivity index (χ3v) is 8.23. The molecule has 0 aromatic heterocycles. The van der Waals surface area contributed by atoms with Crippen LogP contribution in [0.1, 0.15) is 27.9 Å². The van der Waals surface area contributed by atoms with Crippen molar-refractivity contribution in [1.29, 1.82) is 0 Å². The number of phenolic OH excluding ortho intramolecular Hbond substituents is 1. The third kappa shape index (κ3) is 3.53. The number of primary amides is 1. The summed E-state index contributed by atoms with van der Waals surface area (Å²) in [5, 5.41) is 55.8. The van der Waals surface area contributed by atoms with E-state index in [4.69, 9.17) is 28.9 Å². The number of halogens is 2. The summed E-state index contributed by atoms with van der Waals surface area (Å²) >= 11 is 12.2. The largest absolute Gasteiger partial charge is 0.508 e. The zero-order chi connectivity index (χ0) is 27.0. The van der Waals surface area contributed by atoms with Gasteiger partial charge in [-0.1, -0.05) is 47.5 Å². The lowest BCUT2D eigenvalue weighted by Gasteiger charge is -2.51. The molecule has 2 unspecified atom stereocenters. The molecule has 0 aliphatic heterocycles. The van der Waals surface area contributed by atoms with Gasteiger partial charge in [0.25, 0.3) is 0 Å². The first-order valence-electron chi connectivity index (χ1n) is 11.3. The lowest BCUT2D eigenvalue weighted by molar-refractivity contribution is -0.177. The Morgan fingerprint density at radius 3 is 2.43 bits per heavy atom. The number of phenols is 1. The maximum atomic E-state index is 13.6. The minimum Gasteiger partial charge on any atom is -0.508 e. The number of aliphatic hydroxyl groups excluding tert-OH is 3. The molecule has 5 rings (SSSR count). The highest BCUT2D eigenvalue weighted by Crippen LogP contribution is 2.55. The number of aliphatic hydroxyl groups is 4. The Morgan fingerprint density at radius 1 is 1.08 bits per heavy atom. The molecule has 1 amide bonds. The molecule has 192 valence electrons. The minimum atomic E-state index is -2.86. The molecule has 1 saturated carbocycles. The number of carbonyl (C=O) groups is 3. The van der Waals surface area contributed by atoms with Crippen LogP contribution in [0.3, 0.4) is 0 Å². The van der Waals surface area contributed by atoms with Gasteiger partial charge in [-0.15, -0.1) is 0 Å². The molecule has 7 N–H and O–H groups in total. The summed E-state index contributed by atoms with van der Waals surface area (Å²) in [6, 6.07) is 9.00. The van der Waals surface area contributed by atoms with E-state index in [0.717, 1.165) is 0 Å². The standard InChI is InChI=1S/C26H21Cl2NO8/c27-13-5-4-9(7-14(13)28)6-11-10-2-1-3-15(30)17(10)22(33)20-18(11)21(32)12-8-16(31)19(25(29)36)23(34)26(12,37)24(20)35/h1-7,12,16,18-19,21,30-32,35,37H,8H2,(H2,29,36)/b11-6+/t12-,16?,18-,19?,21-,26-/m1/s1. The minimum absolute atomic E-state index is 0.212. The number of hydrogen-bond acceptors (Lipinski definition) is 8. The number of aromatic hydroxyl groups is 1. The van der Waals surface area contributed by atoms with Crippen LogP contribution in [-0.2, 0) is 9.59 Å². The lowest BCUT2D eigenvalue weighted by Crippen LogP contribution is -2.66. The highest BCUT2D eigenvalue weighted by Gasteiger charge is 2.65. The highest BCUT2D eigenvalue weighted by molar-refractivity contribution is 6.42. The molecule has 3 aliphatic carbocycles. The summed E-state index contributed by atoms with van der Waals surface area (Å²) in [5.74, 6) is -9.56. The highest BCUT2D eigenvalue weighted by atomic mass is 35.5. The van der Waals surface area contributed by atoms with Crippen LogP contribution in [-0.4, -0.2) is 60.8 Å². The zero-order valence-corrected chi connectivity index (χ0v) is 20.4. The Bertz CT molecular complexity index is 1450. The van der Waals surface area contributed by atoms with Gasteiger partial charge in [-0.2, -0.15) is 0 Å². The first kappa shape index (κ1) is 25.4. The molecule has 2 aromatic rings. The number of ketones is 2. The van der Waals surface area contributed by atoms with Crippen LogP contribution in [0.4, 0.5) is 0 Å². The van der Waals surface area contributed by atoms with Crippen molar-refractivity contribution in [1.82, 2.24) is 0 Å². The average Bonchev–Trinajstić information content (AvgIpc) is 2.83. The number of nitrogens with two attached hydrogens (primary N) is 1. The molecule has 0 saturated heterocycles. The summed E-state index contributed by atoms with van der Waals surface area (Å²) in [6.45, 7) is 0. The Kier molecular flexibility index (Phi) is 5.97. The average molecular weight is 546 g/mol. The summed E-state index contributed by atoms with van der Waals surface area (Å²) in [5.41, 5.74) is 2.70. The van der Waals surface area contributed by atoms with Gasteiger partial charge < -0.3 is 31.3 Å². The molecule has 37 heavy (non-hydrogen) atoms. The van der Waals surface area contributed by atoms with E-state index in [1.165, 1.54) is 24.3 Å². The van der Waals surface area contributed by atoms with Crippen LogP contribution in [0.25, 0.3) is 11.6 Å². The predicted octanol–water partition coefficient (Wildman–Crippen LogP) is 2.02. The van der Waals surface area contributed by atoms with E-state index in [9.17, 15) is 39.9 Å². The summed E-state index contributed by atoms with van der Waals surface area (Å²) in [6.07, 6.45) is -2.19. The number of fused-ring (bicyclic) bond motifs is 3. The maximum Gasteiger partial charge on any atom is 0.230 e. The van der Waals surface area contributed by atoms with Crippen LogP contribution in [0.5, 0.6) is 5.75 Å². The SMILES string of the molecule is NC(=O)C1C(=O)[C@@]2(O)C(O)=C3C(=O)c4c(O)cccc4/C(=C\c4ccc(Cl)c(Cl)c4)[C@H]3[C@H](O)[C@H]2CC1O. The molecule has 6 atom stereocenters. The van der Waals surface area contributed by atoms with Gasteiger partial charge in [0.15, 0.2) is 17.2 Å². The molecule has 0 spiro atoms. The van der Waals surface area contributed by atoms with Crippen LogP contribution in [0, 0.1) is 17.8 Å². The summed E-state index contributed by atoms with van der Waals surface area (Å²) in [7, 11) is 0. The Hall–Kier alpha value is -3.21. The quantitative estimate of drug-likeness (QED) is 0.310. The van der Waals surface area contributed by atoms with Crippen molar-refractivity contribution in [2.75, 3.05) is 0 Å². The normalized spacial score (nSPS) is 32.1. The van der Waals surface area contributed by atoms with Gasteiger partial charge in [0, 0.05) is 11.8 Å². The van der Waals surface area contributed by atoms with Gasteiger partial charge in [0.1, 0.15) is 17.4 Å². The third-order valence-electron chi connectivity index (χ3n) is 7.49. The molecule has 3 aliphatic rings.